The van der Waals surface area contributed by atoms with E-state index in [0.29, 0.717) is 6.54 Å². The average Bonchev–Trinajstić information content (AvgIpc) is 2.18. The molecule has 0 bridgehead atoms. The first-order chi connectivity index (χ1) is 6.79. The maximum atomic E-state index is 11.7. The third kappa shape index (κ3) is 9.54. The van der Waals surface area contributed by atoms with Crippen molar-refractivity contribution in [3.63, 3.8) is 0 Å². The molecule has 1 saturated heterocycles. The van der Waals surface area contributed by atoms with Crippen LogP contribution in [-0.4, -0.2) is 57.3 Å². The highest BCUT2D eigenvalue weighted by molar-refractivity contribution is 5.85. The third-order valence-electron chi connectivity index (χ3n) is 2.23. The van der Waals surface area contributed by atoms with Crippen molar-refractivity contribution in [3.8, 4) is 0 Å². The lowest BCUT2D eigenvalue weighted by Gasteiger charge is -2.26. The topological polar surface area (TPSA) is 24.5 Å². The van der Waals surface area contributed by atoms with Gasteiger partial charge in [-0.1, -0.05) is 0 Å². The number of morpholine rings is 1. The summed E-state index contributed by atoms with van der Waals surface area (Å²) in [5.41, 5.74) is 0. The van der Waals surface area contributed by atoms with Gasteiger partial charge in [0, 0.05) is 13.1 Å². The van der Waals surface area contributed by atoms with Gasteiger partial charge in [-0.2, -0.15) is 0 Å². The molecule has 0 aromatic carbocycles. The van der Waals surface area contributed by atoms with Crippen molar-refractivity contribution in [2.45, 2.75) is 12.8 Å². The summed E-state index contributed by atoms with van der Waals surface area (Å²) < 4.78 is 28.7. The molecule has 1 rings (SSSR count). The van der Waals surface area contributed by atoms with Gasteiger partial charge in [-0.15, -0.1) is 24.8 Å². The molecule has 0 amide bonds. The molecule has 3 nitrogen and oxygen atoms in total. The summed E-state index contributed by atoms with van der Waals surface area (Å²) in [6.45, 7) is 4.98. The number of alkyl halides is 2. The quantitative estimate of drug-likeness (QED) is 0.745. The Kier molecular flexibility index (Phi) is 13.8. The van der Waals surface area contributed by atoms with Gasteiger partial charge >= 0.3 is 0 Å². The molecule has 1 N–H and O–H groups in total. The molecule has 1 aliphatic rings. The largest absolute Gasteiger partial charge is 0.379 e. The van der Waals surface area contributed by atoms with E-state index < -0.39 is 6.43 Å². The van der Waals surface area contributed by atoms with Crippen LogP contribution in [0.5, 0.6) is 0 Å². The van der Waals surface area contributed by atoms with Crippen molar-refractivity contribution in [1.82, 2.24) is 10.2 Å². The predicted octanol–water partition coefficient (Wildman–Crippen LogP) is 1.41. The maximum absolute atomic E-state index is 11.7. The lowest BCUT2D eigenvalue weighted by Crippen LogP contribution is -2.38. The van der Waals surface area contributed by atoms with Crippen molar-refractivity contribution < 1.29 is 13.5 Å². The molecule has 16 heavy (non-hydrogen) atoms. The Balaban J connectivity index is 0. The van der Waals surface area contributed by atoms with Gasteiger partial charge < -0.3 is 10.1 Å². The van der Waals surface area contributed by atoms with Gasteiger partial charge in [0.25, 0.3) is 6.43 Å². The molecule has 0 aromatic rings. The summed E-state index contributed by atoms with van der Waals surface area (Å²) in [4.78, 5) is 2.30. The molecular weight excluding hydrogens is 261 g/mol. The maximum Gasteiger partial charge on any atom is 0.250 e. The SMILES string of the molecule is Cl.Cl.FC(F)CNCCCN1CCOCC1. The van der Waals surface area contributed by atoms with E-state index >= 15 is 0 Å². The van der Waals surface area contributed by atoms with Crippen LogP contribution in [0.15, 0.2) is 0 Å². The van der Waals surface area contributed by atoms with Crippen LogP contribution in [0, 0.1) is 0 Å². The van der Waals surface area contributed by atoms with Crippen molar-refractivity contribution in [3.05, 3.63) is 0 Å². The Hall–Kier alpha value is 0.320. The Bertz CT molecular complexity index is 149. The lowest BCUT2D eigenvalue weighted by atomic mass is 10.3. The smallest absolute Gasteiger partial charge is 0.250 e. The Morgan fingerprint density at radius 2 is 1.81 bits per heavy atom. The molecule has 100 valence electrons. The lowest BCUT2D eigenvalue weighted by molar-refractivity contribution is 0.0373. The van der Waals surface area contributed by atoms with E-state index in [0.717, 1.165) is 39.3 Å². The standard InChI is InChI=1S/C9H18F2N2O.2ClH/c10-9(11)8-12-2-1-3-13-4-6-14-7-5-13;;/h9,12H,1-8H2;2*1H. The normalized spacial score (nSPS) is 16.7. The van der Waals surface area contributed by atoms with Crippen LogP contribution in [-0.2, 0) is 4.74 Å². The first-order valence-electron chi connectivity index (χ1n) is 5.08. The highest BCUT2D eigenvalue weighted by Crippen LogP contribution is 1.97. The summed E-state index contributed by atoms with van der Waals surface area (Å²) in [5.74, 6) is 0. The minimum atomic E-state index is -2.24. The van der Waals surface area contributed by atoms with Crippen LogP contribution in [0.25, 0.3) is 0 Å². The number of ether oxygens (including phenoxy) is 1. The second kappa shape index (κ2) is 11.8. The Morgan fingerprint density at radius 1 is 1.19 bits per heavy atom. The van der Waals surface area contributed by atoms with Gasteiger partial charge in [0.05, 0.1) is 19.8 Å². The predicted molar refractivity (Wildman–Crippen MR) is 65.2 cm³/mol. The molecule has 0 aliphatic carbocycles. The number of halogens is 4. The number of hydrogen-bond acceptors (Lipinski definition) is 3. The van der Waals surface area contributed by atoms with Gasteiger partial charge in [0.2, 0.25) is 0 Å². The molecule has 1 heterocycles. The van der Waals surface area contributed by atoms with Crippen LogP contribution in [0.1, 0.15) is 6.42 Å². The van der Waals surface area contributed by atoms with E-state index in [1.807, 2.05) is 0 Å². The summed E-state index contributed by atoms with van der Waals surface area (Å²) in [6.07, 6.45) is -1.31. The van der Waals surface area contributed by atoms with Crippen molar-refractivity contribution in [2.75, 3.05) is 45.9 Å². The number of hydrogen-bond donors (Lipinski definition) is 1. The zero-order valence-electron chi connectivity index (χ0n) is 9.16. The zero-order valence-corrected chi connectivity index (χ0v) is 10.8. The van der Waals surface area contributed by atoms with Gasteiger partial charge in [-0.25, -0.2) is 8.78 Å². The van der Waals surface area contributed by atoms with E-state index in [1.165, 1.54) is 0 Å². The average molecular weight is 281 g/mol. The minimum Gasteiger partial charge on any atom is -0.379 e. The van der Waals surface area contributed by atoms with Crippen molar-refractivity contribution in [1.29, 1.82) is 0 Å². The summed E-state index contributed by atoms with van der Waals surface area (Å²) in [5, 5.41) is 2.72. The molecular formula is C9H20Cl2F2N2O. The fourth-order valence-corrected chi connectivity index (χ4v) is 1.46. The highest BCUT2D eigenvalue weighted by Gasteiger charge is 2.09. The fourth-order valence-electron chi connectivity index (χ4n) is 1.46. The van der Waals surface area contributed by atoms with E-state index in [4.69, 9.17) is 4.74 Å². The van der Waals surface area contributed by atoms with Gasteiger partial charge in [0.15, 0.2) is 0 Å². The number of nitrogens with one attached hydrogen (secondary N) is 1. The third-order valence-corrected chi connectivity index (χ3v) is 2.23. The van der Waals surface area contributed by atoms with E-state index in [-0.39, 0.29) is 31.4 Å². The Labute approximate surface area is 108 Å². The van der Waals surface area contributed by atoms with Gasteiger partial charge in [-0.3, -0.25) is 4.90 Å². The minimum absolute atomic E-state index is 0. The van der Waals surface area contributed by atoms with Crippen LogP contribution >= 0.6 is 24.8 Å². The molecule has 0 radical (unpaired) electrons. The number of nitrogens with zero attached hydrogens (tertiary/aromatic N) is 1. The Morgan fingerprint density at radius 3 is 2.38 bits per heavy atom. The van der Waals surface area contributed by atoms with Crippen molar-refractivity contribution >= 4 is 24.8 Å². The summed E-state index contributed by atoms with van der Waals surface area (Å²) >= 11 is 0. The molecule has 0 saturated carbocycles. The number of rotatable bonds is 6. The molecule has 0 atom stereocenters. The highest BCUT2D eigenvalue weighted by atomic mass is 35.5. The molecule has 0 aromatic heterocycles. The van der Waals surface area contributed by atoms with Crippen LogP contribution < -0.4 is 5.32 Å². The second-order valence-corrected chi connectivity index (χ2v) is 3.40. The van der Waals surface area contributed by atoms with E-state index in [2.05, 4.69) is 10.2 Å². The van der Waals surface area contributed by atoms with Crippen LogP contribution in [0.2, 0.25) is 0 Å². The van der Waals surface area contributed by atoms with E-state index in [9.17, 15) is 8.78 Å². The first-order valence-corrected chi connectivity index (χ1v) is 5.08. The molecule has 0 unspecified atom stereocenters. The fraction of sp³-hybridized carbons (Fsp3) is 1.00. The molecule has 7 heteroatoms. The molecule has 1 aliphatic heterocycles. The summed E-state index contributed by atoms with van der Waals surface area (Å²) in [7, 11) is 0. The molecule has 1 fully saturated rings. The van der Waals surface area contributed by atoms with E-state index in [1.54, 1.807) is 0 Å². The van der Waals surface area contributed by atoms with Crippen molar-refractivity contribution in [2.24, 2.45) is 0 Å². The zero-order chi connectivity index (χ0) is 10.2. The van der Waals surface area contributed by atoms with Gasteiger partial charge in [0.1, 0.15) is 0 Å². The first kappa shape index (κ1) is 18.7. The van der Waals surface area contributed by atoms with Crippen LogP contribution in [0.4, 0.5) is 8.78 Å². The second-order valence-electron chi connectivity index (χ2n) is 3.40. The molecule has 0 spiro atoms. The van der Waals surface area contributed by atoms with Gasteiger partial charge in [-0.05, 0) is 19.5 Å². The monoisotopic (exact) mass is 280 g/mol. The summed E-state index contributed by atoms with van der Waals surface area (Å²) in [6, 6.07) is 0. The van der Waals surface area contributed by atoms with Crippen LogP contribution in [0.3, 0.4) is 0 Å².